The second-order valence-corrected chi connectivity index (χ2v) is 7.38. The standard InChI is InChI=1S/C25H21FN2O3/c26-22-8-4-5-17(13-22)14-23(19-6-2-1-3-7-19)25(30)28-12-11-18-9-10-20(24(29)27-31)15-21(18)16-28/h1-10,13-15,31H,11-12,16H2,(H,27,29)/b23-14+. The monoisotopic (exact) mass is 416 g/mol. The van der Waals surface area contributed by atoms with Crippen molar-refractivity contribution in [3.05, 3.63) is 106 Å². The van der Waals surface area contributed by atoms with Crippen LogP contribution in [0.15, 0.2) is 72.8 Å². The van der Waals surface area contributed by atoms with E-state index < -0.39 is 5.91 Å². The van der Waals surface area contributed by atoms with E-state index in [0.717, 1.165) is 16.7 Å². The lowest BCUT2D eigenvalue weighted by atomic mass is 9.95. The van der Waals surface area contributed by atoms with Crippen molar-refractivity contribution in [3.63, 3.8) is 0 Å². The molecular formula is C25H21FN2O3. The molecule has 0 fully saturated rings. The Balaban J connectivity index is 1.67. The number of carbonyl (C=O) groups excluding carboxylic acids is 2. The summed E-state index contributed by atoms with van der Waals surface area (Å²) >= 11 is 0. The second kappa shape index (κ2) is 8.93. The maximum absolute atomic E-state index is 13.7. The Morgan fingerprint density at radius 3 is 2.48 bits per heavy atom. The molecular weight excluding hydrogens is 395 g/mol. The zero-order valence-corrected chi connectivity index (χ0v) is 16.7. The second-order valence-electron chi connectivity index (χ2n) is 7.38. The Bertz CT molecular complexity index is 1160. The van der Waals surface area contributed by atoms with Crippen molar-refractivity contribution in [3.8, 4) is 0 Å². The van der Waals surface area contributed by atoms with Gasteiger partial charge in [-0.2, -0.15) is 0 Å². The predicted octanol–water partition coefficient (Wildman–Crippen LogP) is 4.07. The van der Waals surface area contributed by atoms with Crippen LogP contribution in [0, 0.1) is 5.82 Å². The lowest BCUT2D eigenvalue weighted by Gasteiger charge is -2.30. The minimum absolute atomic E-state index is 0.168. The number of nitrogens with zero attached hydrogens (tertiary/aromatic N) is 1. The van der Waals surface area contributed by atoms with Crippen molar-refractivity contribution in [2.24, 2.45) is 0 Å². The molecule has 3 aromatic carbocycles. The first kappa shape index (κ1) is 20.5. The molecule has 1 aliphatic rings. The van der Waals surface area contributed by atoms with Gasteiger partial charge in [0.2, 0.25) is 0 Å². The third-order valence-corrected chi connectivity index (χ3v) is 5.34. The molecule has 0 aromatic heterocycles. The maximum Gasteiger partial charge on any atom is 0.274 e. The molecule has 2 amide bonds. The molecule has 1 heterocycles. The van der Waals surface area contributed by atoms with Gasteiger partial charge in [0, 0.05) is 24.2 Å². The van der Waals surface area contributed by atoms with E-state index in [1.165, 1.54) is 12.1 Å². The Morgan fingerprint density at radius 2 is 1.74 bits per heavy atom. The SMILES string of the molecule is O=C(NO)c1ccc2c(c1)CN(C(=O)/C(=C/c1cccc(F)c1)c1ccccc1)CC2. The minimum atomic E-state index is -0.595. The van der Waals surface area contributed by atoms with E-state index >= 15 is 0 Å². The summed E-state index contributed by atoms with van der Waals surface area (Å²) in [7, 11) is 0. The van der Waals surface area contributed by atoms with Gasteiger partial charge >= 0.3 is 0 Å². The van der Waals surface area contributed by atoms with E-state index in [0.29, 0.717) is 36.2 Å². The van der Waals surface area contributed by atoms with Crippen LogP contribution in [0.1, 0.15) is 32.6 Å². The number of hydroxylamine groups is 1. The van der Waals surface area contributed by atoms with Crippen LogP contribution in [-0.2, 0) is 17.8 Å². The summed E-state index contributed by atoms with van der Waals surface area (Å²) in [6.45, 7) is 0.874. The molecule has 0 aliphatic carbocycles. The zero-order valence-electron chi connectivity index (χ0n) is 16.7. The fourth-order valence-corrected chi connectivity index (χ4v) is 3.76. The smallest absolute Gasteiger partial charge is 0.274 e. The van der Waals surface area contributed by atoms with E-state index in [2.05, 4.69) is 0 Å². The summed E-state index contributed by atoms with van der Waals surface area (Å²) in [6.07, 6.45) is 2.36. The molecule has 0 unspecified atom stereocenters. The number of fused-ring (bicyclic) bond motifs is 1. The van der Waals surface area contributed by atoms with Crippen LogP contribution in [0.5, 0.6) is 0 Å². The van der Waals surface area contributed by atoms with Gasteiger partial charge in [0.15, 0.2) is 0 Å². The van der Waals surface area contributed by atoms with Gasteiger partial charge in [-0.1, -0.05) is 48.5 Å². The lowest BCUT2D eigenvalue weighted by Crippen LogP contribution is -2.36. The number of halogens is 1. The molecule has 1 aliphatic heterocycles. The van der Waals surface area contributed by atoms with Crippen LogP contribution >= 0.6 is 0 Å². The highest BCUT2D eigenvalue weighted by Crippen LogP contribution is 2.26. The van der Waals surface area contributed by atoms with Crippen LogP contribution < -0.4 is 5.48 Å². The quantitative estimate of drug-likeness (QED) is 0.292. The number of hydrogen-bond donors (Lipinski definition) is 2. The zero-order chi connectivity index (χ0) is 21.8. The van der Waals surface area contributed by atoms with E-state index in [1.54, 1.807) is 40.7 Å². The summed E-state index contributed by atoms with van der Waals surface area (Å²) in [5.41, 5.74) is 5.71. The van der Waals surface area contributed by atoms with Gasteiger partial charge in [-0.25, -0.2) is 9.87 Å². The van der Waals surface area contributed by atoms with Gasteiger partial charge in [0.25, 0.3) is 11.8 Å². The van der Waals surface area contributed by atoms with Crippen molar-refractivity contribution < 1.29 is 19.2 Å². The first-order chi connectivity index (χ1) is 15.0. The van der Waals surface area contributed by atoms with Crippen molar-refractivity contribution in [2.45, 2.75) is 13.0 Å². The van der Waals surface area contributed by atoms with Gasteiger partial charge < -0.3 is 4.90 Å². The first-order valence-corrected chi connectivity index (χ1v) is 9.93. The molecule has 2 N–H and O–H groups in total. The van der Waals surface area contributed by atoms with Crippen molar-refractivity contribution in [1.29, 1.82) is 0 Å². The molecule has 0 saturated carbocycles. The summed E-state index contributed by atoms with van der Waals surface area (Å²) in [5.74, 6) is -1.13. The number of amides is 2. The highest BCUT2D eigenvalue weighted by Gasteiger charge is 2.25. The Morgan fingerprint density at radius 1 is 0.935 bits per heavy atom. The lowest BCUT2D eigenvalue weighted by molar-refractivity contribution is -0.125. The van der Waals surface area contributed by atoms with Gasteiger partial charge in [0.1, 0.15) is 5.82 Å². The summed E-state index contributed by atoms with van der Waals surface area (Å²) < 4.78 is 13.7. The normalized spacial score (nSPS) is 13.5. The first-order valence-electron chi connectivity index (χ1n) is 9.93. The van der Waals surface area contributed by atoms with Gasteiger partial charge in [-0.05, 0) is 59.0 Å². The van der Waals surface area contributed by atoms with E-state index in [1.807, 2.05) is 36.4 Å². The molecule has 3 aromatic rings. The van der Waals surface area contributed by atoms with Crippen molar-refractivity contribution in [2.75, 3.05) is 6.54 Å². The number of hydrogen-bond acceptors (Lipinski definition) is 3. The Kier molecular flexibility index (Phi) is 5.91. The fraction of sp³-hybridized carbons (Fsp3) is 0.120. The number of nitrogens with one attached hydrogen (secondary N) is 1. The molecule has 0 spiro atoms. The third-order valence-electron chi connectivity index (χ3n) is 5.34. The molecule has 0 radical (unpaired) electrons. The molecule has 5 nitrogen and oxygen atoms in total. The summed E-state index contributed by atoms with van der Waals surface area (Å²) in [6, 6.07) is 20.6. The van der Waals surface area contributed by atoms with Crippen LogP contribution in [0.4, 0.5) is 4.39 Å². The van der Waals surface area contributed by atoms with Crippen molar-refractivity contribution >= 4 is 23.5 Å². The van der Waals surface area contributed by atoms with Crippen LogP contribution in [0.3, 0.4) is 0 Å². The molecule has 4 rings (SSSR count). The highest BCUT2D eigenvalue weighted by atomic mass is 19.1. The predicted molar refractivity (Wildman–Crippen MR) is 116 cm³/mol. The van der Waals surface area contributed by atoms with Crippen LogP contribution in [-0.4, -0.2) is 28.5 Å². The van der Waals surface area contributed by atoms with Crippen LogP contribution in [0.2, 0.25) is 0 Å². The number of carbonyl (C=O) groups is 2. The van der Waals surface area contributed by atoms with E-state index in [9.17, 15) is 14.0 Å². The average molecular weight is 416 g/mol. The Hall–Kier alpha value is -3.77. The van der Waals surface area contributed by atoms with Gasteiger partial charge in [0.05, 0.1) is 0 Å². The topological polar surface area (TPSA) is 69.6 Å². The maximum atomic E-state index is 13.7. The fourth-order valence-electron chi connectivity index (χ4n) is 3.76. The molecule has 0 bridgehead atoms. The Labute approximate surface area is 179 Å². The average Bonchev–Trinajstić information content (AvgIpc) is 2.81. The largest absolute Gasteiger partial charge is 0.334 e. The van der Waals surface area contributed by atoms with Gasteiger partial charge in [-0.3, -0.25) is 14.8 Å². The summed E-state index contributed by atoms with van der Waals surface area (Å²) in [4.78, 5) is 27.0. The van der Waals surface area contributed by atoms with Crippen molar-refractivity contribution in [1.82, 2.24) is 10.4 Å². The molecule has 0 saturated heterocycles. The van der Waals surface area contributed by atoms with E-state index in [-0.39, 0.29) is 11.7 Å². The van der Waals surface area contributed by atoms with E-state index in [4.69, 9.17) is 5.21 Å². The molecule has 156 valence electrons. The van der Waals surface area contributed by atoms with Crippen LogP contribution in [0.25, 0.3) is 11.6 Å². The third kappa shape index (κ3) is 4.54. The summed E-state index contributed by atoms with van der Waals surface area (Å²) in [5, 5.41) is 8.89. The molecule has 0 atom stereocenters. The number of rotatable bonds is 4. The van der Waals surface area contributed by atoms with Gasteiger partial charge in [-0.15, -0.1) is 0 Å². The molecule has 6 heteroatoms. The highest BCUT2D eigenvalue weighted by molar-refractivity contribution is 6.24. The minimum Gasteiger partial charge on any atom is -0.334 e. The number of benzene rings is 3. The molecule has 31 heavy (non-hydrogen) atoms.